The van der Waals surface area contributed by atoms with E-state index in [9.17, 15) is 0 Å². The van der Waals surface area contributed by atoms with Crippen LogP contribution in [0.5, 0.6) is 0 Å². The van der Waals surface area contributed by atoms with E-state index in [2.05, 4.69) is 49.2 Å². The Labute approximate surface area is 129 Å². The van der Waals surface area contributed by atoms with Gasteiger partial charge in [0.25, 0.3) is 0 Å². The Balaban J connectivity index is 1.86. The highest BCUT2D eigenvalue weighted by atomic mass is 16.5. The molecule has 3 unspecified atom stereocenters. The van der Waals surface area contributed by atoms with E-state index in [4.69, 9.17) is 10.5 Å². The molecular formula is C18H30N2O. The van der Waals surface area contributed by atoms with Gasteiger partial charge in [0, 0.05) is 25.7 Å². The summed E-state index contributed by atoms with van der Waals surface area (Å²) in [5.41, 5.74) is 7.42. The van der Waals surface area contributed by atoms with E-state index < -0.39 is 0 Å². The number of likely N-dealkylation sites (N-methyl/N-ethyl adjacent to an activating group) is 1. The number of nitrogens with zero attached hydrogens (tertiary/aromatic N) is 1. The van der Waals surface area contributed by atoms with Crippen molar-refractivity contribution in [3.8, 4) is 0 Å². The summed E-state index contributed by atoms with van der Waals surface area (Å²) in [5, 5.41) is 0. The van der Waals surface area contributed by atoms with E-state index in [0.717, 1.165) is 19.6 Å². The normalized spacial score (nSPS) is 22.2. The van der Waals surface area contributed by atoms with Gasteiger partial charge >= 0.3 is 0 Å². The molecule has 1 aliphatic rings. The Morgan fingerprint density at radius 2 is 2.05 bits per heavy atom. The van der Waals surface area contributed by atoms with Gasteiger partial charge in [-0.3, -0.25) is 4.90 Å². The first-order chi connectivity index (χ1) is 10.2. The number of nitrogens with two attached hydrogens (primary N) is 1. The third-order valence-electron chi connectivity index (χ3n) is 4.66. The van der Waals surface area contributed by atoms with Gasteiger partial charge in [-0.2, -0.15) is 0 Å². The largest absolute Gasteiger partial charge is 0.377 e. The lowest BCUT2D eigenvalue weighted by Crippen LogP contribution is -2.43. The summed E-state index contributed by atoms with van der Waals surface area (Å²) in [5.74, 6) is 0.537. The van der Waals surface area contributed by atoms with Crippen LogP contribution >= 0.6 is 0 Å². The Bertz CT molecular complexity index is 389. The third-order valence-corrected chi connectivity index (χ3v) is 4.66. The molecule has 1 heterocycles. The zero-order valence-corrected chi connectivity index (χ0v) is 13.5. The molecule has 0 aromatic heterocycles. The SMILES string of the molecule is CC(CC(CN)N(C)CC1CCCCO1)c1ccccc1. The van der Waals surface area contributed by atoms with E-state index in [-0.39, 0.29) is 0 Å². The van der Waals surface area contributed by atoms with Gasteiger partial charge in [-0.05, 0) is 44.2 Å². The predicted molar refractivity (Wildman–Crippen MR) is 88.5 cm³/mol. The molecule has 0 spiro atoms. The minimum atomic E-state index is 0.393. The quantitative estimate of drug-likeness (QED) is 0.839. The summed E-state index contributed by atoms with van der Waals surface area (Å²) in [6.07, 6.45) is 5.20. The van der Waals surface area contributed by atoms with Crippen LogP contribution < -0.4 is 5.73 Å². The fraction of sp³-hybridized carbons (Fsp3) is 0.667. The van der Waals surface area contributed by atoms with Crippen LogP contribution in [0.1, 0.15) is 44.1 Å². The lowest BCUT2D eigenvalue weighted by Gasteiger charge is -2.33. The van der Waals surface area contributed by atoms with Crippen LogP contribution in [0.15, 0.2) is 30.3 Å². The maximum Gasteiger partial charge on any atom is 0.0702 e. The maximum atomic E-state index is 6.02. The first-order valence-electron chi connectivity index (χ1n) is 8.27. The van der Waals surface area contributed by atoms with Gasteiger partial charge in [0.05, 0.1) is 6.10 Å². The highest BCUT2D eigenvalue weighted by molar-refractivity contribution is 5.18. The lowest BCUT2D eigenvalue weighted by atomic mass is 9.93. The van der Waals surface area contributed by atoms with E-state index in [1.807, 2.05) is 0 Å². The average molecular weight is 290 g/mol. The van der Waals surface area contributed by atoms with Gasteiger partial charge in [-0.25, -0.2) is 0 Å². The molecule has 0 saturated carbocycles. The van der Waals surface area contributed by atoms with Gasteiger partial charge in [-0.15, -0.1) is 0 Å². The first kappa shape index (κ1) is 16.5. The molecule has 21 heavy (non-hydrogen) atoms. The summed E-state index contributed by atoms with van der Waals surface area (Å²) in [4.78, 5) is 2.40. The summed E-state index contributed by atoms with van der Waals surface area (Å²) in [6, 6.07) is 11.1. The van der Waals surface area contributed by atoms with Crippen LogP contribution in [0.2, 0.25) is 0 Å². The molecule has 3 nitrogen and oxygen atoms in total. The van der Waals surface area contributed by atoms with E-state index in [1.165, 1.54) is 24.8 Å². The molecule has 1 fully saturated rings. The van der Waals surface area contributed by atoms with Crippen molar-refractivity contribution >= 4 is 0 Å². The van der Waals surface area contributed by atoms with Crippen molar-refractivity contribution < 1.29 is 4.74 Å². The van der Waals surface area contributed by atoms with Crippen LogP contribution in [-0.4, -0.2) is 43.8 Å². The Morgan fingerprint density at radius 3 is 2.67 bits per heavy atom. The van der Waals surface area contributed by atoms with Crippen LogP contribution in [0, 0.1) is 0 Å². The molecule has 1 aromatic rings. The number of hydrogen-bond donors (Lipinski definition) is 1. The molecule has 0 aliphatic carbocycles. The molecule has 1 saturated heterocycles. The molecular weight excluding hydrogens is 260 g/mol. The van der Waals surface area contributed by atoms with Gasteiger partial charge in [0.2, 0.25) is 0 Å². The van der Waals surface area contributed by atoms with Crippen molar-refractivity contribution in [3.05, 3.63) is 35.9 Å². The minimum absolute atomic E-state index is 0.393. The second kappa shape index (κ2) is 8.52. The summed E-state index contributed by atoms with van der Waals surface area (Å²) >= 11 is 0. The van der Waals surface area contributed by atoms with Crippen molar-refractivity contribution in [1.82, 2.24) is 4.90 Å². The number of rotatable bonds is 7. The predicted octanol–water partition coefficient (Wildman–Crippen LogP) is 3.01. The number of ether oxygens (including phenoxy) is 1. The smallest absolute Gasteiger partial charge is 0.0702 e. The molecule has 0 bridgehead atoms. The summed E-state index contributed by atoms with van der Waals surface area (Å²) in [7, 11) is 2.19. The van der Waals surface area contributed by atoms with Crippen LogP contribution in [0.4, 0.5) is 0 Å². The molecule has 3 atom stereocenters. The molecule has 3 heteroatoms. The Hall–Kier alpha value is -0.900. The fourth-order valence-corrected chi connectivity index (χ4v) is 3.20. The van der Waals surface area contributed by atoms with Crippen molar-refractivity contribution in [2.24, 2.45) is 5.73 Å². The monoisotopic (exact) mass is 290 g/mol. The first-order valence-corrected chi connectivity index (χ1v) is 8.27. The Morgan fingerprint density at radius 1 is 1.29 bits per heavy atom. The second-order valence-corrected chi connectivity index (χ2v) is 6.37. The third kappa shape index (κ3) is 5.10. The van der Waals surface area contributed by atoms with Crippen LogP contribution in [0.3, 0.4) is 0 Å². The molecule has 0 radical (unpaired) electrons. The molecule has 1 aliphatic heterocycles. The van der Waals surface area contributed by atoms with Crippen LogP contribution in [-0.2, 0) is 4.74 Å². The second-order valence-electron chi connectivity index (χ2n) is 6.37. The number of hydrogen-bond acceptors (Lipinski definition) is 3. The minimum Gasteiger partial charge on any atom is -0.377 e. The average Bonchev–Trinajstić information content (AvgIpc) is 2.54. The Kier molecular flexibility index (Phi) is 6.68. The highest BCUT2D eigenvalue weighted by Crippen LogP contribution is 2.23. The zero-order chi connectivity index (χ0) is 15.1. The molecule has 2 N–H and O–H groups in total. The van der Waals surface area contributed by atoms with Gasteiger partial charge < -0.3 is 10.5 Å². The van der Waals surface area contributed by atoms with Crippen molar-refractivity contribution in [1.29, 1.82) is 0 Å². The van der Waals surface area contributed by atoms with Crippen LogP contribution in [0.25, 0.3) is 0 Å². The van der Waals surface area contributed by atoms with E-state index in [1.54, 1.807) is 0 Å². The molecule has 0 amide bonds. The van der Waals surface area contributed by atoms with Crippen molar-refractivity contribution in [2.45, 2.75) is 50.7 Å². The van der Waals surface area contributed by atoms with Crippen molar-refractivity contribution in [3.63, 3.8) is 0 Å². The number of benzene rings is 1. The van der Waals surface area contributed by atoms with Gasteiger partial charge in [0.1, 0.15) is 0 Å². The van der Waals surface area contributed by atoms with Gasteiger partial charge in [-0.1, -0.05) is 37.3 Å². The lowest BCUT2D eigenvalue weighted by molar-refractivity contribution is -0.00848. The summed E-state index contributed by atoms with van der Waals surface area (Å²) < 4.78 is 5.85. The van der Waals surface area contributed by atoms with Gasteiger partial charge in [0.15, 0.2) is 0 Å². The van der Waals surface area contributed by atoms with Crippen molar-refractivity contribution in [2.75, 3.05) is 26.7 Å². The maximum absolute atomic E-state index is 6.02. The highest BCUT2D eigenvalue weighted by Gasteiger charge is 2.22. The topological polar surface area (TPSA) is 38.5 Å². The van der Waals surface area contributed by atoms with E-state index in [0.29, 0.717) is 24.6 Å². The zero-order valence-electron chi connectivity index (χ0n) is 13.5. The fourth-order valence-electron chi connectivity index (χ4n) is 3.20. The molecule has 2 rings (SSSR count). The van der Waals surface area contributed by atoms with E-state index >= 15 is 0 Å². The molecule has 118 valence electrons. The summed E-state index contributed by atoms with van der Waals surface area (Å²) in [6.45, 7) is 4.93. The standard InChI is InChI=1S/C18H30N2O/c1-15(16-8-4-3-5-9-16)12-17(13-19)20(2)14-18-10-6-7-11-21-18/h3-5,8-9,15,17-18H,6-7,10-14,19H2,1-2H3. The molecule has 1 aromatic carbocycles.